The van der Waals surface area contributed by atoms with Crippen LogP contribution in [0.3, 0.4) is 0 Å². The fourth-order valence-electron chi connectivity index (χ4n) is 4.79. The van der Waals surface area contributed by atoms with Gasteiger partial charge in [0.2, 0.25) is 0 Å². The van der Waals surface area contributed by atoms with Crippen molar-refractivity contribution in [1.82, 2.24) is 5.32 Å². The highest BCUT2D eigenvalue weighted by Gasteiger charge is 2.38. The fourth-order valence-corrected chi connectivity index (χ4v) is 5.50. The lowest BCUT2D eigenvalue weighted by Gasteiger charge is -2.36. The summed E-state index contributed by atoms with van der Waals surface area (Å²) in [4.78, 5) is 13.8. The van der Waals surface area contributed by atoms with Crippen molar-refractivity contribution in [3.63, 3.8) is 0 Å². The third-order valence-electron chi connectivity index (χ3n) is 6.75. The molecule has 44 heavy (non-hydrogen) atoms. The van der Waals surface area contributed by atoms with E-state index in [4.69, 9.17) is 0 Å². The standard InChI is InChI=1S/C32H27F6NO4S/c1-44(2,41)28-16-14-23(15-17-28)29(40)39-21-30(20-22-8-4-3-5-9-22,24-10-6-12-26(18-24)42-31(33,34)35)25-11-7-13-27(19-25)43-32(36,37)38/h3-19H,1,20-21H2,2H3,(H,39,40). The Morgan fingerprint density at radius 1 is 0.750 bits per heavy atom. The van der Waals surface area contributed by atoms with Gasteiger partial charge in [-0.2, -0.15) is 0 Å². The lowest BCUT2D eigenvalue weighted by molar-refractivity contribution is -0.275. The van der Waals surface area contributed by atoms with Gasteiger partial charge in [0.15, 0.2) is 0 Å². The van der Waals surface area contributed by atoms with Crippen molar-refractivity contribution < 1.29 is 44.8 Å². The Bertz CT molecular complexity index is 1640. The van der Waals surface area contributed by atoms with Crippen LogP contribution < -0.4 is 14.8 Å². The van der Waals surface area contributed by atoms with Gasteiger partial charge in [0, 0.05) is 28.7 Å². The van der Waals surface area contributed by atoms with Gasteiger partial charge in [-0.15, -0.1) is 26.3 Å². The van der Waals surface area contributed by atoms with Crippen molar-refractivity contribution in [3.05, 3.63) is 125 Å². The molecule has 1 N–H and O–H groups in total. The van der Waals surface area contributed by atoms with Crippen LogP contribution in [0.5, 0.6) is 11.5 Å². The Morgan fingerprint density at radius 3 is 1.70 bits per heavy atom. The van der Waals surface area contributed by atoms with Gasteiger partial charge in [-0.3, -0.25) is 9.00 Å². The van der Waals surface area contributed by atoms with Crippen LogP contribution in [0.15, 0.2) is 108 Å². The first kappa shape index (κ1) is 32.5. The SMILES string of the molecule is C=S(C)(=O)c1ccc(C(=O)NCC(Cc2ccccc2)(c2cccc(OC(F)(F)F)c2)c2cccc(OC(F)(F)F)c2)cc1. The van der Waals surface area contributed by atoms with E-state index < -0.39 is 45.1 Å². The van der Waals surface area contributed by atoms with Gasteiger partial charge in [-0.05, 0) is 87.0 Å². The Morgan fingerprint density at radius 2 is 1.25 bits per heavy atom. The van der Waals surface area contributed by atoms with Crippen molar-refractivity contribution in [2.75, 3.05) is 12.8 Å². The molecule has 12 heteroatoms. The summed E-state index contributed by atoms with van der Waals surface area (Å²) in [5, 5.41) is 2.80. The van der Waals surface area contributed by atoms with Gasteiger partial charge in [0.25, 0.3) is 5.91 Å². The Kier molecular flexibility index (Phi) is 9.33. The average Bonchev–Trinajstić information content (AvgIpc) is 2.94. The lowest BCUT2D eigenvalue weighted by Crippen LogP contribution is -2.43. The summed E-state index contributed by atoms with van der Waals surface area (Å²) in [5.41, 5.74) is -0.0907. The summed E-state index contributed by atoms with van der Waals surface area (Å²) in [6.07, 6.45) is -8.50. The first-order valence-corrected chi connectivity index (χ1v) is 15.1. The van der Waals surface area contributed by atoms with Crippen LogP contribution in [0.25, 0.3) is 0 Å². The van der Waals surface area contributed by atoms with Gasteiger partial charge >= 0.3 is 12.7 Å². The molecule has 0 saturated heterocycles. The maximum absolute atomic E-state index is 13.3. The van der Waals surface area contributed by atoms with E-state index in [9.17, 15) is 35.3 Å². The second-order valence-electron chi connectivity index (χ2n) is 10.1. The molecule has 4 rings (SSSR count). The van der Waals surface area contributed by atoms with Gasteiger partial charge in [0.05, 0.1) is 0 Å². The highest BCUT2D eigenvalue weighted by Crippen LogP contribution is 2.40. The molecule has 232 valence electrons. The molecule has 0 spiro atoms. The van der Waals surface area contributed by atoms with Crippen LogP contribution in [-0.4, -0.2) is 41.5 Å². The third-order valence-corrected chi connectivity index (χ3v) is 8.02. The zero-order chi connectivity index (χ0) is 32.2. The maximum Gasteiger partial charge on any atom is 0.573 e. The van der Waals surface area contributed by atoms with E-state index in [2.05, 4.69) is 20.7 Å². The van der Waals surface area contributed by atoms with Crippen LogP contribution in [0.4, 0.5) is 26.3 Å². The summed E-state index contributed by atoms with van der Waals surface area (Å²) in [7, 11) is -2.54. The van der Waals surface area contributed by atoms with Gasteiger partial charge in [-0.25, -0.2) is 0 Å². The number of rotatable bonds is 10. The molecule has 4 aromatic carbocycles. The molecular weight excluding hydrogens is 608 g/mol. The van der Waals surface area contributed by atoms with Crippen LogP contribution >= 0.6 is 0 Å². The number of carbonyl (C=O) groups is 1. The van der Waals surface area contributed by atoms with E-state index >= 15 is 0 Å². The van der Waals surface area contributed by atoms with E-state index in [1.165, 1.54) is 54.8 Å². The number of carbonyl (C=O) groups excluding carboxylic acids is 1. The molecule has 1 unspecified atom stereocenters. The van der Waals surface area contributed by atoms with E-state index in [1.807, 2.05) is 0 Å². The number of ether oxygens (including phenoxy) is 2. The average molecular weight is 636 g/mol. The van der Waals surface area contributed by atoms with Crippen LogP contribution in [0.1, 0.15) is 27.0 Å². The van der Waals surface area contributed by atoms with E-state index in [1.54, 1.807) is 30.3 Å². The Balaban J connectivity index is 1.85. The summed E-state index contributed by atoms with van der Waals surface area (Å²) < 4.78 is 99.6. The van der Waals surface area contributed by atoms with Gasteiger partial charge in [0.1, 0.15) is 11.5 Å². The molecular formula is C32H27F6NO4S. The first-order chi connectivity index (χ1) is 20.5. The predicted molar refractivity (Wildman–Crippen MR) is 155 cm³/mol. The number of hydrogen-bond acceptors (Lipinski definition) is 4. The monoisotopic (exact) mass is 635 g/mol. The quantitative estimate of drug-likeness (QED) is 0.149. The summed E-state index contributed by atoms with van der Waals surface area (Å²) in [6.45, 7) is -0.257. The fraction of sp³-hybridized carbons (Fsp3) is 0.188. The molecule has 4 aromatic rings. The number of nitrogens with one attached hydrogen (secondary N) is 1. The van der Waals surface area contributed by atoms with Gasteiger partial charge in [-0.1, -0.05) is 54.6 Å². The number of hydrogen-bond donors (Lipinski definition) is 1. The number of halogens is 6. The highest BCUT2D eigenvalue weighted by molar-refractivity contribution is 7.99. The van der Waals surface area contributed by atoms with Crippen LogP contribution in [0.2, 0.25) is 0 Å². The predicted octanol–water partition coefficient (Wildman–Crippen LogP) is 7.15. The topological polar surface area (TPSA) is 64.6 Å². The summed E-state index contributed by atoms with van der Waals surface area (Å²) >= 11 is 0. The molecule has 0 aliphatic heterocycles. The highest BCUT2D eigenvalue weighted by atomic mass is 32.2. The number of amides is 1. The largest absolute Gasteiger partial charge is 0.573 e. The van der Waals surface area contributed by atoms with Crippen molar-refractivity contribution >= 4 is 21.3 Å². The minimum absolute atomic E-state index is 0.0530. The van der Waals surface area contributed by atoms with Crippen LogP contribution in [-0.2, 0) is 21.4 Å². The second kappa shape index (κ2) is 12.7. The molecule has 1 atom stereocenters. The van der Waals surface area contributed by atoms with Crippen molar-refractivity contribution in [2.24, 2.45) is 0 Å². The normalized spacial score (nSPS) is 13.5. The zero-order valence-corrected chi connectivity index (χ0v) is 24.1. The van der Waals surface area contributed by atoms with Crippen molar-refractivity contribution in [2.45, 2.75) is 29.5 Å². The maximum atomic E-state index is 13.3. The molecule has 0 saturated carbocycles. The molecule has 0 aliphatic carbocycles. The molecule has 0 aliphatic rings. The Hall–Kier alpha value is -4.45. The van der Waals surface area contributed by atoms with Crippen molar-refractivity contribution in [1.29, 1.82) is 0 Å². The Labute approximate surface area is 250 Å². The van der Waals surface area contributed by atoms with Crippen molar-refractivity contribution in [3.8, 4) is 11.5 Å². The van der Waals surface area contributed by atoms with Gasteiger partial charge < -0.3 is 14.8 Å². The van der Waals surface area contributed by atoms with Crippen LogP contribution in [0, 0.1) is 0 Å². The number of benzene rings is 4. The molecule has 0 radical (unpaired) electrons. The van der Waals surface area contributed by atoms with E-state index in [0.717, 1.165) is 24.3 Å². The lowest BCUT2D eigenvalue weighted by atomic mass is 9.70. The van der Waals surface area contributed by atoms with E-state index in [-0.39, 0.29) is 29.7 Å². The minimum atomic E-state index is -5.00. The first-order valence-electron chi connectivity index (χ1n) is 13.0. The summed E-state index contributed by atoms with van der Waals surface area (Å²) in [5.74, 6) is 1.94. The molecule has 5 nitrogen and oxygen atoms in total. The molecule has 0 bridgehead atoms. The number of alkyl halides is 6. The van der Waals surface area contributed by atoms with E-state index in [0.29, 0.717) is 10.5 Å². The molecule has 0 fully saturated rings. The zero-order valence-electron chi connectivity index (χ0n) is 23.2. The second-order valence-corrected chi connectivity index (χ2v) is 12.6. The molecule has 0 heterocycles. The third kappa shape index (κ3) is 8.56. The molecule has 1 amide bonds. The smallest absolute Gasteiger partial charge is 0.406 e. The summed E-state index contributed by atoms with van der Waals surface area (Å²) in [6, 6.07) is 24.8. The molecule has 0 aromatic heterocycles. The minimum Gasteiger partial charge on any atom is -0.406 e.